The zero-order chi connectivity index (χ0) is 13.1. The van der Waals surface area contributed by atoms with Gasteiger partial charge in [-0.1, -0.05) is 13.8 Å². The lowest BCUT2D eigenvalue weighted by Crippen LogP contribution is -2.54. The van der Waals surface area contributed by atoms with Gasteiger partial charge in [0.2, 0.25) is 0 Å². The highest BCUT2D eigenvalue weighted by atomic mass is 16.3. The molecule has 0 radical (unpaired) electrons. The van der Waals surface area contributed by atoms with E-state index in [1.165, 1.54) is 6.42 Å². The third kappa shape index (κ3) is 4.23. The Morgan fingerprint density at radius 3 is 2.47 bits per heavy atom. The maximum absolute atomic E-state index is 9.43. The van der Waals surface area contributed by atoms with Crippen molar-refractivity contribution in [2.45, 2.75) is 71.0 Å². The number of aliphatic hydroxyl groups excluding tert-OH is 1. The summed E-state index contributed by atoms with van der Waals surface area (Å²) >= 11 is 0. The SMILES string of the molecule is CC(C)CN(C(C)C)C1CCCC(N)(CO)C1. The highest BCUT2D eigenvalue weighted by Gasteiger charge is 2.35. The second-order valence-corrected chi connectivity index (χ2v) is 6.46. The van der Waals surface area contributed by atoms with Crippen LogP contribution in [0.15, 0.2) is 0 Å². The summed E-state index contributed by atoms with van der Waals surface area (Å²) in [5.74, 6) is 0.681. The van der Waals surface area contributed by atoms with Crippen LogP contribution in [-0.2, 0) is 0 Å². The molecule has 0 aliphatic heterocycles. The molecule has 3 N–H and O–H groups in total. The van der Waals surface area contributed by atoms with Crippen LogP contribution < -0.4 is 5.73 Å². The Morgan fingerprint density at radius 1 is 1.35 bits per heavy atom. The molecule has 0 aromatic rings. The number of hydrogen-bond acceptors (Lipinski definition) is 3. The molecular weight excluding hydrogens is 212 g/mol. The van der Waals surface area contributed by atoms with Crippen molar-refractivity contribution < 1.29 is 5.11 Å². The summed E-state index contributed by atoms with van der Waals surface area (Å²) in [4.78, 5) is 2.57. The molecule has 1 saturated carbocycles. The number of nitrogens with two attached hydrogens (primary N) is 1. The predicted molar refractivity (Wildman–Crippen MR) is 72.9 cm³/mol. The quantitative estimate of drug-likeness (QED) is 0.775. The van der Waals surface area contributed by atoms with E-state index in [1.54, 1.807) is 0 Å². The van der Waals surface area contributed by atoms with Crippen molar-refractivity contribution in [2.75, 3.05) is 13.2 Å². The minimum absolute atomic E-state index is 0.122. The Labute approximate surface area is 106 Å². The first kappa shape index (κ1) is 14.9. The van der Waals surface area contributed by atoms with Gasteiger partial charge in [0.05, 0.1) is 6.61 Å². The first-order valence-corrected chi connectivity index (χ1v) is 7.03. The summed E-state index contributed by atoms with van der Waals surface area (Å²) in [5.41, 5.74) is 5.90. The Kier molecular flexibility index (Phi) is 5.42. The number of nitrogens with zero attached hydrogens (tertiary/aromatic N) is 1. The predicted octanol–water partition coefficient (Wildman–Crippen LogP) is 1.99. The molecule has 0 bridgehead atoms. The van der Waals surface area contributed by atoms with Gasteiger partial charge in [-0.2, -0.15) is 0 Å². The fraction of sp³-hybridized carbons (Fsp3) is 1.00. The van der Waals surface area contributed by atoms with E-state index in [-0.39, 0.29) is 12.1 Å². The molecule has 0 amide bonds. The Balaban J connectivity index is 2.67. The minimum Gasteiger partial charge on any atom is -0.394 e. The van der Waals surface area contributed by atoms with Gasteiger partial charge in [0.1, 0.15) is 0 Å². The van der Waals surface area contributed by atoms with Crippen molar-refractivity contribution in [2.24, 2.45) is 11.7 Å². The lowest BCUT2D eigenvalue weighted by atomic mass is 9.79. The maximum Gasteiger partial charge on any atom is 0.0611 e. The minimum atomic E-state index is -0.340. The molecule has 3 heteroatoms. The van der Waals surface area contributed by atoms with E-state index < -0.39 is 0 Å². The maximum atomic E-state index is 9.43. The summed E-state index contributed by atoms with van der Waals surface area (Å²) in [7, 11) is 0. The van der Waals surface area contributed by atoms with Gasteiger partial charge in [-0.3, -0.25) is 4.90 Å². The van der Waals surface area contributed by atoms with Gasteiger partial charge < -0.3 is 10.8 Å². The van der Waals surface area contributed by atoms with E-state index in [0.717, 1.165) is 25.8 Å². The molecule has 1 fully saturated rings. The molecule has 0 spiro atoms. The summed E-state index contributed by atoms with van der Waals surface area (Å²) in [6.07, 6.45) is 4.27. The first-order valence-electron chi connectivity index (χ1n) is 7.03. The van der Waals surface area contributed by atoms with Crippen LogP contribution in [0, 0.1) is 5.92 Å². The topological polar surface area (TPSA) is 49.5 Å². The molecule has 0 aromatic heterocycles. The zero-order valence-corrected chi connectivity index (χ0v) is 11.9. The standard InChI is InChI=1S/C14H30N2O/c1-11(2)9-16(12(3)4)13-6-5-7-14(15,8-13)10-17/h11-13,17H,5-10,15H2,1-4H3. The smallest absolute Gasteiger partial charge is 0.0611 e. The molecule has 1 aliphatic rings. The van der Waals surface area contributed by atoms with Crippen LogP contribution in [-0.4, -0.2) is 40.8 Å². The van der Waals surface area contributed by atoms with Gasteiger partial charge in [-0.05, 0) is 45.4 Å². The Bertz CT molecular complexity index is 230. The van der Waals surface area contributed by atoms with Crippen LogP contribution in [0.2, 0.25) is 0 Å². The van der Waals surface area contributed by atoms with E-state index in [2.05, 4.69) is 32.6 Å². The second-order valence-electron chi connectivity index (χ2n) is 6.46. The molecule has 17 heavy (non-hydrogen) atoms. The third-order valence-corrected chi connectivity index (χ3v) is 3.88. The number of rotatable bonds is 5. The molecule has 0 aromatic carbocycles. The van der Waals surface area contributed by atoms with Gasteiger partial charge in [0.15, 0.2) is 0 Å². The van der Waals surface area contributed by atoms with Gasteiger partial charge in [-0.25, -0.2) is 0 Å². The molecule has 3 nitrogen and oxygen atoms in total. The molecule has 2 atom stereocenters. The summed E-state index contributed by atoms with van der Waals surface area (Å²) in [5, 5.41) is 9.43. The average Bonchev–Trinajstić information content (AvgIpc) is 2.25. The van der Waals surface area contributed by atoms with Crippen molar-refractivity contribution in [1.82, 2.24) is 4.90 Å². The molecule has 1 rings (SSSR count). The first-order chi connectivity index (χ1) is 7.88. The molecule has 0 saturated heterocycles. The monoisotopic (exact) mass is 242 g/mol. The van der Waals surface area contributed by atoms with Crippen molar-refractivity contribution in [3.05, 3.63) is 0 Å². The van der Waals surface area contributed by atoms with E-state index in [0.29, 0.717) is 18.0 Å². The van der Waals surface area contributed by atoms with Gasteiger partial charge >= 0.3 is 0 Å². The van der Waals surface area contributed by atoms with Crippen molar-refractivity contribution in [3.8, 4) is 0 Å². The van der Waals surface area contributed by atoms with E-state index in [4.69, 9.17) is 5.73 Å². The van der Waals surface area contributed by atoms with E-state index in [9.17, 15) is 5.11 Å². The summed E-state index contributed by atoms with van der Waals surface area (Å²) in [6, 6.07) is 1.10. The molecule has 0 heterocycles. The van der Waals surface area contributed by atoms with Crippen molar-refractivity contribution in [1.29, 1.82) is 0 Å². The van der Waals surface area contributed by atoms with Crippen molar-refractivity contribution >= 4 is 0 Å². The van der Waals surface area contributed by atoms with Gasteiger partial charge in [0.25, 0.3) is 0 Å². The van der Waals surface area contributed by atoms with Crippen LogP contribution in [0.25, 0.3) is 0 Å². The Morgan fingerprint density at radius 2 is 2.00 bits per heavy atom. The number of aliphatic hydroxyl groups is 1. The van der Waals surface area contributed by atoms with Crippen molar-refractivity contribution in [3.63, 3.8) is 0 Å². The fourth-order valence-electron chi connectivity index (χ4n) is 2.99. The van der Waals surface area contributed by atoms with E-state index >= 15 is 0 Å². The van der Waals surface area contributed by atoms with Crippen LogP contribution in [0.1, 0.15) is 53.4 Å². The zero-order valence-electron chi connectivity index (χ0n) is 11.9. The second kappa shape index (κ2) is 6.17. The molecule has 102 valence electrons. The summed E-state index contributed by atoms with van der Waals surface area (Å²) in [6.45, 7) is 10.3. The average molecular weight is 242 g/mol. The number of hydrogen-bond donors (Lipinski definition) is 2. The highest BCUT2D eigenvalue weighted by Crippen LogP contribution is 2.30. The summed E-state index contributed by atoms with van der Waals surface area (Å²) < 4.78 is 0. The largest absolute Gasteiger partial charge is 0.394 e. The van der Waals surface area contributed by atoms with Crippen LogP contribution in [0.4, 0.5) is 0 Å². The Hall–Kier alpha value is -0.120. The molecule has 1 aliphatic carbocycles. The lowest BCUT2D eigenvalue weighted by Gasteiger charge is -2.44. The lowest BCUT2D eigenvalue weighted by molar-refractivity contribution is 0.0559. The fourth-order valence-corrected chi connectivity index (χ4v) is 2.99. The molecule has 2 unspecified atom stereocenters. The van der Waals surface area contributed by atoms with E-state index in [1.807, 2.05) is 0 Å². The van der Waals surface area contributed by atoms with Gasteiger partial charge in [-0.15, -0.1) is 0 Å². The van der Waals surface area contributed by atoms with Crippen LogP contribution >= 0.6 is 0 Å². The highest BCUT2D eigenvalue weighted by molar-refractivity contribution is 4.94. The normalized spacial score (nSPS) is 30.5. The van der Waals surface area contributed by atoms with Gasteiger partial charge in [0, 0.05) is 24.2 Å². The molecular formula is C14H30N2O. The van der Waals surface area contributed by atoms with Crippen LogP contribution in [0.3, 0.4) is 0 Å². The third-order valence-electron chi connectivity index (χ3n) is 3.88. The van der Waals surface area contributed by atoms with Crippen LogP contribution in [0.5, 0.6) is 0 Å².